The van der Waals surface area contributed by atoms with Crippen molar-refractivity contribution in [2.45, 2.75) is 46.1 Å². The smallest absolute Gasteiger partial charge is 0.144 e. The number of aromatic nitrogens is 2. The molecular formula is C14H27N5O. The molecule has 0 aliphatic rings. The van der Waals surface area contributed by atoms with Gasteiger partial charge >= 0.3 is 0 Å². The monoisotopic (exact) mass is 281 g/mol. The molecule has 4 N–H and O–H groups in total. The number of nitrogens with two attached hydrogens (primary N) is 1. The number of unbranched alkanes of at least 4 members (excludes halogenated alkanes) is 1. The molecule has 0 aliphatic carbocycles. The lowest BCUT2D eigenvalue weighted by Gasteiger charge is -2.22. The lowest BCUT2D eigenvalue weighted by Crippen LogP contribution is -2.32. The van der Waals surface area contributed by atoms with Gasteiger partial charge in [0.2, 0.25) is 0 Å². The second kappa shape index (κ2) is 8.58. The van der Waals surface area contributed by atoms with Gasteiger partial charge in [-0.05, 0) is 38.4 Å². The quantitative estimate of drug-likeness (QED) is 0.201. The van der Waals surface area contributed by atoms with Crippen LogP contribution < -0.4 is 11.1 Å². The van der Waals surface area contributed by atoms with E-state index in [-0.39, 0.29) is 5.41 Å². The van der Waals surface area contributed by atoms with Gasteiger partial charge in [-0.25, -0.2) is 0 Å². The SMILES string of the molecule is CC(C)(CCCCNCCCn1cccn1)/C(N)=N/O. The van der Waals surface area contributed by atoms with Crippen LogP contribution in [0.5, 0.6) is 0 Å². The predicted molar refractivity (Wildman–Crippen MR) is 80.8 cm³/mol. The minimum atomic E-state index is -0.227. The number of oxime groups is 1. The first-order valence-corrected chi connectivity index (χ1v) is 7.22. The van der Waals surface area contributed by atoms with Crippen LogP contribution in [0.1, 0.15) is 39.5 Å². The van der Waals surface area contributed by atoms with E-state index in [4.69, 9.17) is 10.9 Å². The second-order valence-electron chi connectivity index (χ2n) is 5.70. The minimum absolute atomic E-state index is 0.227. The molecule has 20 heavy (non-hydrogen) atoms. The molecule has 0 fully saturated rings. The molecule has 114 valence electrons. The maximum atomic E-state index is 8.69. The summed E-state index contributed by atoms with van der Waals surface area (Å²) in [5.74, 6) is 0.310. The third kappa shape index (κ3) is 6.06. The molecule has 0 saturated heterocycles. The van der Waals surface area contributed by atoms with Crippen molar-refractivity contribution in [2.75, 3.05) is 13.1 Å². The summed E-state index contributed by atoms with van der Waals surface area (Å²) in [6, 6.07) is 1.94. The largest absolute Gasteiger partial charge is 0.409 e. The van der Waals surface area contributed by atoms with Crippen molar-refractivity contribution in [3.63, 3.8) is 0 Å². The standard InChI is InChI=1S/C14H27N5O/c1-14(2,13(15)18-20)7-3-4-8-16-9-5-11-19-12-6-10-17-19/h6,10,12,16,20H,3-5,7-9,11H2,1-2H3,(H2,15,18). The molecule has 0 spiro atoms. The van der Waals surface area contributed by atoms with Gasteiger partial charge in [-0.3, -0.25) is 4.68 Å². The van der Waals surface area contributed by atoms with Crippen molar-refractivity contribution in [3.05, 3.63) is 18.5 Å². The first-order chi connectivity index (χ1) is 9.56. The topological polar surface area (TPSA) is 88.5 Å². The fraction of sp³-hybridized carbons (Fsp3) is 0.714. The van der Waals surface area contributed by atoms with E-state index in [1.807, 2.05) is 30.8 Å². The van der Waals surface area contributed by atoms with E-state index < -0.39 is 0 Å². The molecule has 0 unspecified atom stereocenters. The highest BCUT2D eigenvalue weighted by Gasteiger charge is 2.22. The van der Waals surface area contributed by atoms with E-state index in [1.54, 1.807) is 6.20 Å². The molecule has 1 aromatic heterocycles. The highest BCUT2D eigenvalue weighted by Crippen LogP contribution is 2.22. The summed E-state index contributed by atoms with van der Waals surface area (Å²) in [7, 11) is 0. The normalized spacial score (nSPS) is 12.8. The van der Waals surface area contributed by atoms with Crippen molar-refractivity contribution in [1.82, 2.24) is 15.1 Å². The zero-order valence-electron chi connectivity index (χ0n) is 12.5. The third-order valence-electron chi connectivity index (χ3n) is 3.51. The summed E-state index contributed by atoms with van der Waals surface area (Å²) < 4.78 is 1.95. The third-order valence-corrected chi connectivity index (χ3v) is 3.51. The molecule has 6 heteroatoms. The molecule has 1 heterocycles. The lowest BCUT2D eigenvalue weighted by atomic mass is 9.86. The molecule has 0 atom stereocenters. The molecule has 0 radical (unpaired) electrons. The van der Waals surface area contributed by atoms with E-state index in [0.29, 0.717) is 5.84 Å². The average molecular weight is 281 g/mol. The number of rotatable bonds is 10. The fourth-order valence-electron chi connectivity index (χ4n) is 2.00. The van der Waals surface area contributed by atoms with E-state index in [9.17, 15) is 0 Å². The molecule has 0 saturated carbocycles. The maximum Gasteiger partial charge on any atom is 0.144 e. The number of nitrogens with one attached hydrogen (secondary N) is 1. The molecule has 6 nitrogen and oxygen atoms in total. The number of hydrogen-bond donors (Lipinski definition) is 3. The average Bonchev–Trinajstić information content (AvgIpc) is 2.93. The molecular weight excluding hydrogens is 254 g/mol. The zero-order chi connectivity index (χ0) is 14.8. The summed E-state index contributed by atoms with van der Waals surface area (Å²) in [5.41, 5.74) is 5.43. The second-order valence-corrected chi connectivity index (χ2v) is 5.70. The summed E-state index contributed by atoms with van der Waals surface area (Å²) in [6.45, 7) is 6.96. The van der Waals surface area contributed by atoms with Crippen LogP contribution in [-0.4, -0.2) is 33.9 Å². The highest BCUT2D eigenvalue weighted by atomic mass is 16.4. The maximum absolute atomic E-state index is 8.69. The summed E-state index contributed by atoms with van der Waals surface area (Å²) >= 11 is 0. The predicted octanol–water partition coefficient (Wildman–Crippen LogP) is 1.81. The van der Waals surface area contributed by atoms with E-state index >= 15 is 0 Å². The van der Waals surface area contributed by atoms with Crippen LogP contribution in [0.15, 0.2) is 23.6 Å². The number of amidine groups is 1. The van der Waals surface area contributed by atoms with Crippen LogP contribution in [0.2, 0.25) is 0 Å². The first kappa shape index (κ1) is 16.5. The Morgan fingerprint density at radius 3 is 2.75 bits per heavy atom. The zero-order valence-corrected chi connectivity index (χ0v) is 12.5. The highest BCUT2D eigenvalue weighted by molar-refractivity contribution is 5.85. The summed E-state index contributed by atoms with van der Waals surface area (Å²) in [5, 5.41) is 19.4. The van der Waals surface area contributed by atoms with Crippen LogP contribution in [0.4, 0.5) is 0 Å². The van der Waals surface area contributed by atoms with Crippen LogP contribution in [0, 0.1) is 5.41 Å². The van der Waals surface area contributed by atoms with Crippen molar-refractivity contribution < 1.29 is 5.21 Å². The minimum Gasteiger partial charge on any atom is -0.409 e. The molecule has 1 aromatic rings. The number of hydrogen-bond acceptors (Lipinski definition) is 4. The molecule has 0 bridgehead atoms. The molecule has 0 aromatic carbocycles. The first-order valence-electron chi connectivity index (χ1n) is 7.22. The molecule has 0 amide bonds. The van der Waals surface area contributed by atoms with Gasteiger partial charge < -0.3 is 16.3 Å². The van der Waals surface area contributed by atoms with Gasteiger partial charge in [-0.2, -0.15) is 5.10 Å². The Balaban J connectivity index is 1.97. The van der Waals surface area contributed by atoms with Gasteiger partial charge in [0.15, 0.2) is 0 Å². The number of aryl methyl sites for hydroxylation is 1. The Bertz CT molecular complexity index is 386. The van der Waals surface area contributed by atoms with Crippen molar-refractivity contribution in [1.29, 1.82) is 0 Å². The van der Waals surface area contributed by atoms with Gasteiger partial charge in [0.1, 0.15) is 5.84 Å². The Hall–Kier alpha value is -1.56. The van der Waals surface area contributed by atoms with E-state index in [1.165, 1.54) is 0 Å². The van der Waals surface area contributed by atoms with Crippen molar-refractivity contribution >= 4 is 5.84 Å². The van der Waals surface area contributed by atoms with E-state index in [2.05, 4.69) is 15.6 Å². The van der Waals surface area contributed by atoms with Gasteiger partial charge in [-0.15, -0.1) is 0 Å². The van der Waals surface area contributed by atoms with Crippen LogP contribution >= 0.6 is 0 Å². The van der Waals surface area contributed by atoms with Crippen LogP contribution in [-0.2, 0) is 6.54 Å². The Kier molecular flexibility index (Phi) is 7.08. The lowest BCUT2D eigenvalue weighted by molar-refractivity contribution is 0.304. The number of nitrogens with zero attached hydrogens (tertiary/aromatic N) is 3. The van der Waals surface area contributed by atoms with Crippen molar-refractivity contribution in [2.24, 2.45) is 16.3 Å². The fourth-order valence-corrected chi connectivity index (χ4v) is 2.00. The van der Waals surface area contributed by atoms with Crippen LogP contribution in [0.25, 0.3) is 0 Å². The molecule has 0 aliphatic heterocycles. The van der Waals surface area contributed by atoms with Gasteiger partial charge in [0.05, 0.1) is 0 Å². The Labute approximate surface area is 121 Å². The summed E-state index contributed by atoms with van der Waals surface area (Å²) in [4.78, 5) is 0. The summed E-state index contributed by atoms with van der Waals surface area (Å²) in [6.07, 6.45) is 7.96. The van der Waals surface area contributed by atoms with Crippen LogP contribution in [0.3, 0.4) is 0 Å². The van der Waals surface area contributed by atoms with E-state index in [0.717, 1.165) is 45.3 Å². The molecule has 1 rings (SSSR count). The Morgan fingerprint density at radius 1 is 1.35 bits per heavy atom. The van der Waals surface area contributed by atoms with Gasteiger partial charge in [0, 0.05) is 24.4 Å². The van der Waals surface area contributed by atoms with Crippen molar-refractivity contribution in [3.8, 4) is 0 Å². The van der Waals surface area contributed by atoms with Gasteiger partial charge in [0.25, 0.3) is 0 Å². The Morgan fingerprint density at radius 2 is 2.10 bits per heavy atom. The van der Waals surface area contributed by atoms with Gasteiger partial charge in [-0.1, -0.05) is 25.4 Å².